The number of nitriles is 1. The van der Waals surface area contributed by atoms with Crippen molar-refractivity contribution in [1.29, 1.82) is 5.26 Å². The van der Waals surface area contributed by atoms with Crippen LogP contribution in [-0.2, 0) is 0 Å². The van der Waals surface area contributed by atoms with E-state index >= 15 is 0 Å². The molecule has 184 valence electrons. The third-order valence-corrected chi connectivity index (χ3v) is 5.64. The zero-order valence-electron chi connectivity index (χ0n) is 20.7. The molecule has 0 unspecified atom stereocenters. The van der Waals surface area contributed by atoms with E-state index in [0.717, 1.165) is 0 Å². The molecule has 0 radical (unpaired) electrons. The van der Waals surface area contributed by atoms with Crippen molar-refractivity contribution in [2.24, 2.45) is 5.41 Å². The Morgan fingerprint density at radius 1 is 0.971 bits per heavy atom. The van der Waals surface area contributed by atoms with E-state index in [4.69, 9.17) is 14.2 Å². The van der Waals surface area contributed by atoms with Crippen LogP contribution in [0.4, 0.5) is 28.8 Å². The lowest BCUT2D eigenvalue weighted by Gasteiger charge is -2.30. The highest BCUT2D eigenvalue weighted by atomic mass is 16.5. The topological polar surface area (TPSA) is 147 Å². The largest absolute Gasteiger partial charge is 0.493 e. The van der Waals surface area contributed by atoms with Crippen molar-refractivity contribution in [1.82, 2.24) is 9.97 Å². The van der Waals surface area contributed by atoms with Crippen molar-refractivity contribution in [3.63, 3.8) is 0 Å². The average Bonchev–Trinajstić information content (AvgIpc) is 2.84. The molecule has 3 rings (SSSR count). The first-order valence-electron chi connectivity index (χ1n) is 10.7. The molecule has 0 aliphatic carbocycles. The van der Waals surface area contributed by atoms with Gasteiger partial charge in [0.15, 0.2) is 17.3 Å². The van der Waals surface area contributed by atoms with Crippen LogP contribution in [0.5, 0.6) is 17.2 Å². The molecule has 0 bridgehead atoms. The number of hydrogen-bond donors (Lipinski definition) is 3. The molecule has 0 saturated heterocycles. The van der Waals surface area contributed by atoms with Crippen LogP contribution in [0.25, 0.3) is 0 Å². The van der Waals surface area contributed by atoms with Gasteiger partial charge in [-0.1, -0.05) is 20.8 Å². The van der Waals surface area contributed by atoms with Crippen LogP contribution >= 0.6 is 0 Å². The first-order valence-corrected chi connectivity index (χ1v) is 10.7. The van der Waals surface area contributed by atoms with Crippen molar-refractivity contribution in [2.75, 3.05) is 37.3 Å². The highest BCUT2D eigenvalue weighted by Gasteiger charge is 2.27. The van der Waals surface area contributed by atoms with Gasteiger partial charge in [-0.2, -0.15) is 10.2 Å². The van der Waals surface area contributed by atoms with Crippen molar-refractivity contribution >= 4 is 28.8 Å². The molecule has 0 fully saturated rings. The van der Waals surface area contributed by atoms with Gasteiger partial charge in [-0.05, 0) is 12.3 Å². The minimum Gasteiger partial charge on any atom is -0.493 e. The second-order valence-corrected chi connectivity index (χ2v) is 8.87. The number of nitrogens with one attached hydrogen (secondary N) is 3. The summed E-state index contributed by atoms with van der Waals surface area (Å²) in [6, 6.07) is 5.23. The molecule has 0 spiro atoms. The molecule has 1 aromatic heterocycles. The van der Waals surface area contributed by atoms with Crippen LogP contribution in [0.1, 0.15) is 33.3 Å². The number of benzene rings is 1. The van der Waals surface area contributed by atoms with Gasteiger partial charge in [0.25, 0.3) is 10.9 Å². The minimum absolute atomic E-state index is 0.0556. The van der Waals surface area contributed by atoms with Gasteiger partial charge in [0, 0.05) is 23.9 Å². The molecule has 11 nitrogen and oxygen atoms in total. The second-order valence-electron chi connectivity index (χ2n) is 8.87. The summed E-state index contributed by atoms with van der Waals surface area (Å²) in [6.07, 6.45) is 1.31. The van der Waals surface area contributed by atoms with E-state index in [-0.39, 0.29) is 40.2 Å². The summed E-state index contributed by atoms with van der Waals surface area (Å²) in [7, 11) is 4.50. The standard InChI is InChI=1S/C24H28N6O5/c1-12(24(2,3)4)27-17-18(20(32)19(17)31)29-22-13(10-25)11-26-23(30-22)28-14-8-15(33-5)21(35-7)16(9-14)34-6/h8-9,11-12,27H,1-7H3,(H2,26,28,29,30)/t12-/m0/s1. The summed E-state index contributed by atoms with van der Waals surface area (Å²) in [4.78, 5) is 33.0. The number of anilines is 5. The molecule has 2 aromatic carbocycles. The van der Waals surface area contributed by atoms with Crippen LogP contribution in [0.15, 0.2) is 27.9 Å². The van der Waals surface area contributed by atoms with Crippen LogP contribution in [0.2, 0.25) is 0 Å². The summed E-state index contributed by atoms with van der Waals surface area (Å²) in [5.41, 5.74) is -0.600. The lowest BCUT2D eigenvalue weighted by molar-refractivity contribution is 0.324. The molecule has 0 saturated carbocycles. The smallest absolute Gasteiger partial charge is 0.253 e. The van der Waals surface area contributed by atoms with Crippen molar-refractivity contribution < 1.29 is 14.2 Å². The Labute approximate surface area is 202 Å². The normalized spacial score (nSPS) is 11.9. The average molecular weight is 481 g/mol. The predicted octanol–water partition coefficient (Wildman–Crippen LogP) is 3.30. The summed E-state index contributed by atoms with van der Waals surface area (Å²) in [5, 5.41) is 18.5. The monoisotopic (exact) mass is 480 g/mol. The van der Waals surface area contributed by atoms with Crippen LogP contribution in [0, 0.1) is 16.7 Å². The molecule has 0 amide bonds. The summed E-state index contributed by atoms with van der Waals surface area (Å²) >= 11 is 0. The Morgan fingerprint density at radius 3 is 2.09 bits per heavy atom. The number of hydrogen-bond acceptors (Lipinski definition) is 11. The molecule has 3 aromatic rings. The fraction of sp³-hybridized carbons (Fsp3) is 0.375. The number of ether oxygens (including phenoxy) is 3. The van der Waals surface area contributed by atoms with Crippen LogP contribution in [-0.4, -0.2) is 37.3 Å². The number of methoxy groups -OCH3 is 3. The summed E-state index contributed by atoms with van der Waals surface area (Å²) in [5.74, 6) is 1.49. The zero-order valence-corrected chi connectivity index (χ0v) is 20.7. The van der Waals surface area contributed by atoms with E-state index in [9.17, 15) is 14.9 Å². The molecule has 0 aliphatic rings. The fourth-order valence-corrected chi connectivity index (χ4v) is 3.10. The minimum atomic E-state index is -0.685. The van der Waals surface area contributed by atoms with Crippen molar-refractivity contribution in [2.45, 2.75) is 33.7 Å². The van der Waals surface area contributed by atoms with Gasteiger partial charge in [-0.15, -0.1) is 0 Å². The van der Waals surface area contributed by atoms with E-state index in [1.807, 2.05) is 33.8 Å². The molecule has 0 aliphatic heterocycles. The fourth-order valence-electron chi connectivity index (χ4n) is 3.10. The molecule has 1 atom stereocenters. The summed E-state index contributed by atoms with van der Waals surface area (Å²) < 4.78 is 16.0. The maximum Gasteiger partial charge on any atom is 0.253 e. The Morgan fingerprint density at radius 2 is 1.57 bits per heavy atom. The molecule has 35 heavy (non-hydrogen) atoms. The van der Waals surface area contributed by atoms with Gasteiger partial charge < -0.3 is 30.2 Å². The third-order valence-electron chi connectivity index (χ3n) is 5.64. The Kier molecular flexibility index (Phi) is 7.14. The van der Waals surface area contributed by atoms with Gasteiger partial charge in [0.05, 0.1) is 27.5 Å². The first kappa shape index (κ1) is 25.3. The van der Waals surface area contributed by atoms with Gasteiger partial charge in [0.2, 0.25) is 11.7 Å². The molecular formula is C24H28N6O5. The number of aromatic nitrogens is 2. The Bertz CT molecular complexity index is 1320. The maximum absolute atomic E-state index is 12.3. The van der Waals surface area contributed by atoms with Gasteiger partial charge in [-0.3, -0.25) is 9.59 Å². The van der Waals surface area contributed by atoms with E-state index in [0.29, 0.717) is 22.9 Å². The van der Waals surface area contributed by atoms with Crippen molar-refractivity contribution in [3.8, 4) is 23.3 Å². The highest BCUT2D eigenvalue weighted by molar-refractivity contribution is 5.79. The van der Waals surface area contributed by atoms with Gasteiger partial charge in [-0.25, -0.2) is 4.98 Å². The second kappa shape index (κ2) is 9.89. The SMILES string of the molecule is COc1cc(Nc2ncc(C#N)c(Nc3c(N[C@@H](C)C(C)(C)C)c(=O)c3=O)n2)cc(OC)c1OC. The van der Waals surface area contributed by atoms with E-state index < -0.39 is 10.9 Å². The van der Waals surface area contributed by atoms with Crippen LogP contribution in [0.3, 0.4) is 0 Å². The summed E-state index contributed by atoms with van der Waals surface area (Å²) in [6.45, 7) is 7.97. The molecule has 3 N–H and O–H groups in total. The van der Waals surface area contributed by atoms with Gasteiger partial charge in [0.1, 0.15) is 23.0 Å². The van der Waals surface area contributed by atoms with Gasteiger partial charge >= 0.3 is 0 Å². The zero-order chi connectivity index (χ0) is 25.9. The first-order chi connectivity index (χ1) is 16.5. The van der Waals surface area contributed by atoms with Crippen LogP contribution < -0.4 is 41.0 Å². The third kappa shape index (κ3) is 5.11. The molecule has 1 heterocycles. The van der Waals surface area contributed by atoms with E-state index in [1.165, 1.54) is 27.5 Å². The highest BCUT2D eigenvalue weighted by Crippen LogP contribution is 2.40. The molecule has 11 heteroatoms. The lowest BCUT2D eigenvalue weighted by atomic mass is 9.87. The Balaban J connectivity index is 1.94. The Hall–Kier alpha value is -4.33. The molecular weight excluding hydrogens is 452 g/mol. The van der Waals surface area contributed by atoms with E-state index in [1.54, 1.807) is 12.1 Å². The maximum atomic E-state index is 12.3. The number of nitrogens with zero attached hydrogens (tertiary/aromatic N) is 3. The van der Waals surface area contributed by atoms with E-state index in [2.05, 4.69) is 25.9 Å². The van der Waals surface area contributed by atoms with Crippen molar-refractivity contribution in [3.05, 3.63) is 44.3 Å². The quantitative estimate of drug-likeness (QED) is 0.387. The lowest BCUT2D eigenvalue weighted by Crippen LogP contribution is -2.41. The number of rotatable bonds is 9. The predicted molar refractivity (Wildman–Crippen MR) is 133 cm³/mol.